The van der Waals surface area contributed by atoms with Crippen molar-refractivity contribution in [1.29, 1.82) is 0 Å². The standard InChI is InChI=1S/C17H14BrN3O2S/c1-11-19-16(23-21-11)10-24-15-8-3-2-7-14(15)17(22)20-13-6-4-5-12(18)9-13/h2-9H,10H2,1H3,(H,20,22). The van der Waals surface area contributed by atoms with E-state index in [1.165, 1.54) is 11.8 Å². The average Bonchev–Trinajstić information content (AvgIpc) is 2.99. The monoisotopic (exact) mass is 403 g/mol. The fraction of sp³-hybridized carbons (Fsp3) is 0.118. The summed E-state index contributed by atoms with van der Waals surface area (Å²) in [6.45, 7) is 1.77. The fourth-order valence-corrected chi connectivity index (χ4v) is 3.37. The predicted molar refractivity (Wildman–Crippen MR) is 97.1 cm³/mol. The highest BCUT2D eigenvalue weighted by Crippen LogP contribution is 2.27. The Balaban J connectivity index is 1.74. The molecule has 3 aromatic rings. The lowest BCUT2D eigenvalue weighted by Crippen LogP contribution is -2.12. The SMILES string of the molecule is Cc1noc(CSc2ccccc2C(=O)Nc2cccc(Br)c2)n1. The van der Waals surface area contributed by atoms with Crippen LogP contribution in [0, 0.1) is 6.92 Å². The smallest absolute Gasteiger partial charge is 0.256 e. The van der Waals surface area contributed by atoms with Gasteiger partial charge in [-0.05, 0) is 37.3 Å². The molecule has 24 heavy (non-hydrogen) atoms. The number of hydrogen-bond donors (Lipinski definition) is 1. The molecule has 1 amide bonds. The zero-order valence-electron chi connectivity index (χ0n) is 12.8. The number of rotatable bonds is 5. The number of aryl methyl sites for hydroxylation is 1. The summed E-state index contributed by atoms with van der Waals surface area (Å²) < 4.78 is 6.02. The number of amides is 1. The van der Waals surface area contributed by atoms with Crippen molar-refractivity contribution >= 4 is 39.3 Å². The summed E-state index contributed by atoms with van der Waals surface area (Å²) in [5, 5.41) is 6.68. The van der Waals surface area contributed by atoms with E-state index in [-0.39, 0.29) is 5.91 Å². The Labute approximate surface area is 152 Å². The van der Waals surface area contributed by atoms with E-state index in [1.807, 2.05) is 42.5 Å². The van der Waals surface area contributed by atoms with E-state index in [0.717, 1.165) is 15.1 Å². The topological polar surface area (TPSA) is 68.0 Å². The summed E-state index contributed by atoms with van der Waals surface area (Å²) >= 11 is 4.89. The maximum Gasteiger partial charge on any atom is 0.256 e. The van der Waals surface area contributed by atoms with Gasteiger partial charge >= 0.3 is 0 Å². The van der Waals surface area contributed by atoms with Gasteiger partial charge in [-0.2, -0.15) is 4.98 Å². The second-order valence-electron chi connectivity index (χ2n) is 4.98. The summed E-state index contributed by atoms with van der Waals surface area (Å²) in [7, 11) is 0. The van der Waals surface area contributed by atoms with Crippen molar-refractivity contribution in [2.45, 2.75) is 17.6 Å². The molecule has 1 aromatic heterocycles. The first kappa shape index (κ1) is 16.7. The minimum absolute atomic E-state index is 0.155. The number of carbonyl (C=O) groups excluding carboxylic acids is 1. The average molecular weight is 404 g/mol. The third kappa shape index (κ3) is 4.24. The molecule has 3 rings (SSSR count). The van der Waals surface area contributed by atoms with Gasteiger partial charge in [0.05, 0.1) is 11.3 Å². The molecule has 0 aliphatic rings. The molecule has 0 aliphatic carbocycles. The van der Waals surface area contributed by atoms with Crippen LogP contribution in [-0.4, -0.2) is 16.0 Å². The van der Waals surface area contributed by atoms with Crippen LogP contribution < -0.4 is 5.32 Å². The lowest BCUT2D eigenvalue weighted by atomic mass is 10.2. The van der Waals surface area contributed by atoms with E-state index in [4.69, 9.17) is 4.52 Å². The second-order valence-corrected chi connectivity index (χ2v) is 6.92. The molecular formula is C17H14BrN3O2S. The molecular weight excluding hydrogens is 390 g/mol. The van der Waals surface area contributed by atoms with Crippen molar-refractivity contribution < 1.29 is 9.32 Å². The van der Waals surface area contributed by atoms with Crippen LogP contribution in [0.25, 0.3) is 0 Å². The molecule has 0 radical (unpaired) electrons. The van der Waals surface area contributed by atoms with Gasteiger partial charge < -0.3 is 9.84 Å². The lowest BCUT2D eigenvalue weighted by Gasteiger charge is -2.09. The molecule has 0 unspecified atom stereocenters. The Bertz CT molecular complexity index is 866. The molecule has 0 aliphatic heterocycles. The van der Waals surface area contributed by atoms with Gasteiger partial charge in [0.2, 0.25) is 5.89 Å². The first-order valence-corrected chi connectivity index (χ1v) is 8.97. The molecule has 122 valence electrons. The highest BCUT2D eigenvalue weighted by molar-refractivity contribution is 9.10. The summed E-state index contributed by atoms with van der Waals surface area (Å²) in [5.74, 6) is 1.51. The molecule has 5 nitrogen and oxygen atoms in total. The summed E-state index contributed by atoms with van der Waals surface area (Å²) in [5.41, 5.74) is 1.35. The van der Waals surface area contributed by atoms with Crippen LogP contribution in [0.3, 0.4) is 0 Å². The maximum absolute atomic E-state index is 12.6. The van der Waals surface area contributed by atoms with E-state index in [0.29, 0.717) is 23.0 Å². The Kier molecular flexibility index (Phi) is 5.32. The largest absolute Gasteiger partial charge is 0.338 e. The fourth-order valence-electron chi connectivity index (χ4n) is 2.08. The lowest BCUT2D eigenvalue weighted by molar-refractivity contribution is 0.102. The number of carbonyl (C=O) groups is 1. The molecule has 7 heteroatoms. The number of nitrogens with zero attached hydrogens (tertiary/aromatic N) is 2. The van der Waals surface area contributed by atoms with Gasteiger partial charge in [0.1, 0.15) is 0 Å². The summed E-state index contributed by atoms with van der Waals surface area (Å²) in [4.78, 5) is 17.6. The van der Waals surface area contributed by atoms with Crippen LogP contribution in [0.15, 0.2) is 62.4 Å². The van der Waals surface area contributed by atoms with Crippen molar-refractivity contribution in [2.24, 2.45) is 0 Å². The molecule has 0 saturated heterocycles. The van der Waals surface area contributed by atoms with Crippen LogP contribution in [0.5, 0.6) is 0 Å². The number of thioether (sulfide) groups is 1. The molecule has 1 N–H and O–H groups in total. The highest BCUT2D eigenvalue weighted by Gasteiger charge is 2.13. The number of hydrogen-bond acceptors (Lipinski definition) is 5. The number of aromatic nitrogens is 2. The van der Waals surface area contributed by atoms with Crippen LogP contribution in [0.1, 0.15) is 22.1 Å². The van der Waals surface area contributed by atoms with E-state index in [9.17, 15) is 4.79 Å². The second kappa shape index (κ2) is 7.63. The van der Waals surface area contributed by atoms with Gasteiger partial charge in [-0.15, -0.1) is 11.8 Å². The highest BCUT2D eigenvalue weighted by atomic mass is 79.9. The Hall–Kier alpha value is -2.12. The molecule has 0 atom stereocenters. The molecule has 0 spiro atoms. The minimum atomic E-state index is -0.155. The van der Waals surface area contributed by atoms with Gasteiger partial charge in [0, 0.05) is 15.1 Å². The summed E-state index contributed by atoms with van der Waals surface area (Å²) in [6.07, 6.45) is 0. The Morgan fingerprint density at radius 3 is 2.83 bits per heavy atom. The quantitative estimate of drug-likeness (QED) is 0.626. The van der Waals surface area contributed by atoms with Crippen LogP contribution in [0.2, 0.25) is 0 Å². The van der Waals surface area contributed by atoms with Gasteiger partial charge in [0.25, 0.3) is 5.91 Å². The van der Waals surface area contributed by atoms with Gasteiger partial charge in [-0.25, -0.2) is 0 Å². The number of halogens is 1. The molecule has 1 heterocycles. The van der Waals surface area contributed by atoms with Crippen molar-refractivity contribution in [3.63, 3.8) is 0 Å². The zero-order chi connectivity index (χ0) is 16.9. The minimum Gasteiger partial charge on any atom is -0.338 e. The van der Waals surface area contributed by atoms with Gasteiger partial charge in [-0.3, -0.25) is 4.79 Å². The van der Waals surface area contributed by atoms with Crippen molar-refractivity contribution in [1.82, 2.24) is 10.1 Å². The molecule has 0 saturated carbocycles. The number of anilines is 1. The third-order valence-electron chi connectivity index (χ3n) is 3.13. The van der Waals surface area contributed by atoms with Crippen LogP contribution in [-0.2, 0) is 5.75 Å². The first-order valence-electron chi connectivity index (χ1n) is 7.20. The van der Waals surface area contributed by atoms with E-state index in [2.05, 4.69) is 31.4 Å². The first-order chi connectivity index (χ1) is 11.6. The summed E-state index contributed by atoms with van der Waals surface area (Å²) in [6, 6.07) is 14.9. The number of nitrogens with one attached hydrogen (secondary N) is 1. The van der Waals surface area contributed by atoms with Crippen LogP contribution in [0.4, 0.5) is 5.69 Å². The van der Waals surface area contributed by atoms with Crippen molar-refractivity contribution in [2.75, 3.05) is 5.32 Å². The molecule has 2 aromatic carbocycles. The molecule has 0 fully saturated rings. The Morgan fingerprint density at radius 2 is 2.08 bits per heavy atom. The predicted octanol–water partition coefficient (Wildman–Crippen LogP) is 4.69. The van der Waals surface area contributed by atoms with Crippen molar-refractivity contribution in [3.05, 3.63) is 70.3 Å². The van der Waals surface area contributed by atoms with E-state index < -0.39 is 0 Å². The molecule has 0 bridgehead atoms. The van der Waals surface area contributed by atoms with Gasteiger partial charge in [-0.1, -0.05) is 39.3 Å². The van der Waals surface area contributed by atoms with Crippen molar-refractivity contribution in [3.8, 4) is 0 Å². The third-order valence-corrected chi connectivity index (χ3v) is 4.69. The van der Waals surface area contributed by atoms with Gasteiger partial charge in [0.15, 0.2) is 5.82 Å². The Morgan fingerprint density at radius 1 is 1.25 bits per heavy atom. The zero-order valence-corrected chi connectivity index (χ0v) is 15.2. The van der Waals surface area contributed by atoms with Crippen LogP contribution >= 0.6 is 27.7 Å². The van der Waals surface area contributed by atoms with E-state index >= 15 is 0 Å². The normalized spacial score (nSPS) is 10.6. The maximum atomic E-state index is 12.6. The number of benzene rings is 2. The van der Waals surface area contributed by atoms with E-state index in [1.54, 1.807) is 13.0 Å².